The molecule has 0 radical (unpaired) electrons. The van der Waals surface area contributed by atoms with Gasteiger partial charge in [-0.1, -0.05) is 24.3 Å². The number of hydrogen-bond acceptors (Lipinski definition) is 3. The van der Waals surface area contributed by atoms with Crippen LogP contribution in [-0.4, -0.2) is 36.9 Å². The highest BCUT2D eigenvalue weighted by Gasteiger charge is 2.33. The van der Waals surface area contributed by atoms with Crippen LogP contribution < -0.4 is 10.1 Å². The Bertz CT molecular complexity index is 790. The van der Waals surface area contributed by atoms with Crippen LogP contribution in [0.25, 0.3) is 0 Å². The molecule has 0 bridgehead atoms. The Morgan fingerprint density at radius 2 is 1.81 bits per heavy atom. The summed E-state index contributed by atoms with van der Waals surface area (Å²) >= 11 is 0. The molecule has 1 unspecified atom stereocenters. The number of nitrogens with one attached hydrogen (secondary N) is 1. The summed E-state index contributed by atoms with van der Waals surface area (Å²) in [4.78, 5) is 26.3. The largest absolute Gasteiger partial charge is 0.497 e. The first-order valence-electron chi connectivity index (χ1n) is 8.98. The standard InChI is InChI=1S/C21H23FN2O3/c1-27-19-8-4-15(5-9-19)10-11-24-14-17(12-20(24)25)21(26)23-13-16-2-6-18(22)7-3-16/h2-9,17H,10-14H2,1H3,(H,23,26). The van der Waals surface area contributed by atoms with E-state index < -0.39 is 0 Å². The van der Waals surface area contributed by atoms with Crippen LogP contribution in [0.15, 0.2) is 48.5 Å². The SMILES string of the molecule is COc1ccc(CCN2CC(C(=O)NCc3ccc(F)cc3)CC2=O)cc1. The van der Waals surface area contributed by atoms with E-state index in [-0.39, 0.29) is 30.0 Å². The zero-order chi connectivity index (χ0) is 19.2. The molecule has 0 aromatic heterocycles. The first-order valence-corrected chi connectivity index (χ1v) is 8.98. The van der Waals surface area contributed by atoms with E-state index in [1.54, 1.807) is 24.1 Å². The number of rotatable bonds is 7. The first kappa shape index (κ1) is 18.9. The van der Waals surface area contributed by atoms with E-state index in [0.29, 0.717) is 19.6 Å². The minimum absolute atomic E-state index is 0.00504. The average Bonchev–Trinajstić information content (AvgIpc) is 3.07. The molecule has 2 aromatic rings. The van der Waals surface area contributed by atoms with Gasteiger partial charge >= 0.3 is 0 Å². The molecular formula is C21H23FN2O3. The summed E-state index contributed by atoms with van der Waals surface area (Å²) in [6.45, 7) is 1.35. The highest BCUT2D eigenvalue weighted by Crippen LogP contribution is 2.19. The first-order chi connectivity index (χ1) is 13.0. The number of methoxy groups -OCH3 is 1. The lowest BCUT2D eigenvalue weighted by atomic mass is 10.1. The number of ether oxygens (including phenoxy) is 1. The molecule has 1 aliphatic heterocycles. The summed E-state index contributed by atoms with van der Waals surface area (Å²) in [5.74, 6) is 0.0201. The molecule has 0 saturated carbocycles. The van der Waals surface area contributed by atoms with Crippen LogP contribution >= 0.6 is 0 Å². The molecule has 0 aliphatic carbocycles. The molecule has 0 spiro atoms. The van der Waals surface area contributed by atoms with E-state index >= 15 is 0 Å². The van der Waals surface area contributed by atoms with Gasteiger partial charge in [0.1, 0.15) is 11.6 Å². The molecular weight excluding hydrogens is 347 g/mol. The summed E-state index contributed by atoms with van der Waals surface area (Å²) in [7, 11) is 1.62. The van der Waals surface area contributed by atoms with Crippen molar-refractivity contribution in [1.82, 2.24) is 10.2 Å². The third-order valence-electron chi connectivity index (χ3n) is 4.79. The van der Waals surface area contributed by atoms with Crippen molar-refractivity contribution in [2.75, 3.05) is 20.2 Å². The fourth-order valence-electron chi connectivity index (χ4n) is 3.16. The zero-order valence-electron chi connectivity index (χ0n) is 15.3. The number of nitrogens with zero attached hydrogens (tertiary/aromatic N) is 1. The molecule has 5 nitrogen and oxygen atoms in total. The molecule has 2 amide bonds. The number of benzene rings is 2. The van der Waals surface area contributed by atoms with Crippen LogP contribution in [0.4, 0.5) is 4.39 Å². The fourth-order valence-corrected chi connectivity index (χ4v) is 3.16. The van der Waals surface area contributed by atoms with E-state index in [4.69, 9.17) is 4.74 Å². The third-order valence-corrected chi connectivity index (χ3v) is 4.79. The monoisotopic (exact) mass is 370 g/mol. The number of carbonyl (C=O) groups excluding carboxylic acids is 2. The Labute approximate surface area is 158 Å². The van der Waals surface area contributed by atoms with Gasteiger partial charge in [0.25, 0.3) is 0 Å². The van der Waals surface area contributed by atoms with Crippen LogP contribution in [-0.2, 0) is 22.6 Å². The van der Waals surface area contributed by atoms with E-state index in [1.165, 1.54) is 12.1 Å². The molecule has 3 rings (SSSR count). The van der Waals surface area contributed by atoms with Crippen molar-refractivity contribution in [3.8, 4) is 5.75 Å². The normalized spacial score (nSPS) is 16.4. The van der Waals surface area contributed by atoms with Gasteiger partial charge in [-0.15, -0.1) is 0 Å². The summed E-state index contributed by atoms with van der Waals surface area (Å²) in [5, 5.41) is 2.83. The molecule has 27 heavy (non-hydrogen) atoms. The van der Waals surface area contributed by atoms with Crippen LogP contribution in [0.5, 0.6) is 5.75 Å². The zero-order valence-corrected chi connectivity index (χ0v) is 15.3. The summed E-state index contributed by atoms with van der Waals surface area (Å²) < 4.78 is 18.1. The van der Waals surface area contributed by atoms with Gasteiger partial charge < -0.3 is 15.0 Å². The molecule has 1 fully saturated rings. The predicted octanol–water partition coefficient (Wildman–Crippen LogP) is 2.54. The van der Waals surface area contributed by atoms with Gasteiger partial charge in [0, 0.05) is 26.1 Å². The highest BCUT2D eigenvalue weighted by atomic mass is 19.1. The average molecular weight is 370 g/mol. The predicted molar refractivity (Wildman–Crippen MR) is 99.6 cm³/mol. The second-order valence-electron chi connectivity index (χ2n) is 6.68. The van der Waals surface area contributed by atoms with Crippen molar-refractivity contribution >= 4 is 11.8 Å². The van der Waals surface area contributed by atoms with Gasteiger partial charge in [0.05, 0.1) is 13.0 Å². The summed E-state index contributed by atoms with van der Waals surface area (Å²) in [6, 6.07) is 13.7. The number of halogens is 1. The van der Waals surface area contributed by atoms with Gasteiger partial charge in [-0.3, -0.25) is 9.59 Å². The maximum Gasteiger partial charge on any atom is 0.225 e. The van der Waals surface area contributed by atoms with Crippen LogP contribution in [0.2, 0.25) is 0 Å². The second-order valence-corrected chi connectivity index (χ2v) is 6.68. The van der Waals surface area contributed by atoms with Gasteiger partial charge in [0.15, 0.2) is 0 Å². The summed E-state index contributed by atoms with van der Waals surface area (Å²) in [6.07, 6.45) is 0.970. The summed E-state index contributed by atoms with van der Waals surface area (Å²) in [5.41, 5.74) is 1.94. The highest BCUT2D eigenvalue weighted by molar-refractivity contribution is 5.89. The Morgan fingerprint density at radius 3 is 2.48 bits per heavy atom. The molecule has 6 heteroatoms. The van der Waals surface area contributed by atoms with Crippen molar-refractivity contribution in [3.05, 3.63) is 65.5 Å². The Balaban J connectivity index is 1.47. The second kappa shape index (κ2) is 8.66. The van der Waals surface area contributed by atoms with Crippen LogP contribution in [0.1, 0.15) is 17.5 Å². The van der Waals surface area contributed by atoms with Crippen molar-refractivity contribution in [2.45, 2.75) is 19.4 Å². The van der Waals surface area contributed by atoms with E-state index in [2.05, 4.69) is 5.32 Å². The maximum absolute atomic E-state index is 12.9. The molecule has 1 aliphatic rings. The number of amides is 2. The Morgan fingerprint density at radius 1 is 1.15 bits per heavy atom. The number of carbonyl (C=O) groups is 2. The van der Waals surface area contributed by atoms with Crippen LogP contribution in [0.3, 0.4) is 0 Å². The van der Waals surface area contributed by atoms with E-state index in [0.717, 1.165) is 23.3 Å². The minimum Gasteiger partial charge on any atom is -0.497 e. The van der Waals surface area contributed by atoms with Crippen molar-refractivity contribution in [1.29, 1.82) is 0 Å². The molecule has 142 valence electrons. The van der Waals surface area contributed by atoms with Gasteiger partial charge in [-0.05, 0) is 41.8 Å². The molecule has 1 saturated heterocycles. The van der Waals surface area contributed by atoms with Crippen molar-refractivity contribution in [2.24, 2.45) is 5.92 Å². The molecule has 2 aromatic carbocycles. The van der Waals surface area contributed by atoms with Gasteiger partial charge in [0.2, 0.25) is 11.8 Å². The third kappa shape index (κ3) is 5.06. The number of likely N-dealkylation sites (tertiary alicyclic amines) is 1. The lowest BCUT2D eigenvalue weighted by Crippen LogP contribution is -2.33. The lowest BCUT2D eigenvalue weighted by Gasteiger charge is -2.16. The maximum atomic E-state index is 12.9. The molecule has 1 atom stereocenters. The smallest absolute Gasteiger partial charge is 0.225 e. The van der Waals surface area contributed by atoms with Crippen LogP contribution in [0, 0.1) is 11.7 Å². The molecule has 1 N–H and O–H groups in total. The van der Waals surface area contributed by atoms with E-state index in [1.807, 2.05) is 24.3 Å². The van der Waals surface area contributed by atoms with Gasteiger partial charge in [-0.25, -0.2) is 4.39 Å². The minimum atomic E-state index is -0.339. The van der Waals surface area contributed by atoms with Crippen molar-refractivity contribution < 1.29 is 18.7 Å². The topological polar surface area (TPSA) is 58.6 Å². The fraction of sp³-hybridized carbons (Fsp3) is 0.333. The quantitative estimate of drug-likeness (QED) is 0.815. The Kier molecular flexibility index (Phi) is 6.06. The van der Waals surface area contributed by atoms with Gasteiger partial charge in [-0.2, -0.15) is 0 Å². The lowest BCUT2D eigenvalue weighted by molar-refractivity contribution is -0.129. The van der Waals surface area contributed by atoms with E-state index in [9.17, 15) is 14.0 Å². The molecule has 1 heterocycles. The number of hydrogen-bond donors (Lipinski definition) is 1. The Hall–Kier alpha value is -2.89. The van der Waals surface area contributed by atoms with Crippen molar-refractivity contribution in [3.63, 3.8) is 0 Å².